The van der Waals surface area contributed by atoms with Crippen LogP contribution in [0.4, 0.5) is 11.8 Å². The predicted molar refractivity (Wildman–Crippen MR) is 115 cm³/mol. The largest absolute Gasteiger partial charge is 0.343 e. The summed E-state index contributed by atoms with van der Waals surface area (Å²) in [6.07, 6.45) is 7.97. The first-order valence-corrected chi connectivity index (χ1v) is 10.3. The first-order valence-electron chi connectivity index (χ1n) is 9.90. The molecule has 7 nitrogen and oxygen atoms in total. The zero-order valence-corrected chi connectivity index (χ0v) is 17.6. The second kappa shape index (κ2) is 7.99. The summed E-state index contributed by atoms with van der Waals surface area (Å²) in [7, 11) is 3.55. The molecule has 3 heterocycles. The second-order valence-electron chi connectivity index (χ2n) is 7.73. The van der Waals surface area contributed by atoms with Crippen LogP contribution >= 0.6 is 11.6 Å². The fourth-order valence-corrected chi connectivity index (χ4v) is 3.95. The number of alkyl halides is 1. The molecule has 1 atom stereocenters. The van der Waals surface area contributed by atoms with Crippen molar-refractivity contribution in [2.45, 2.75) is 44.0 Å². The number of aromatic nitrogens is 4. The van der Waals surface area contributed by atoms with Gasteiger partial charge in [0, 0.05) is 37.9 Å². The number of nitrogens with zero attached hydrogens (tertiary/aromatic N) is 5. The molecule has 0 spiro atoms. The Labute approximate surface area is 175 Å². The van der Waals surface area contributed by atoms with Gasteiger partial charge in [-0.1, -0.05) is 18.9 Å². The summed E-state index contributed by atoms with van der Waals surface area (Å²) in [5.41, 5.74) is 2.41. The van der Waals surface area contributed by atoms with Gasteiger partial charge in [-0.05, 0) is 37.5 Å². The van der Waals surface area contributed by atoms with Crippen molar-refractivity contribution in [3.05, 3.63) is 41.9 Å². The molecule has 1 fully saturated rings. The highest BCUT2D eigenvalue weighted by atomic mass is 35.5. The standard InChI is InChI=1S/C21H25ClN6O/c1-13(22)14-8-9-18(23-11-14)25-21-24-12-15-10-17(20(29)27(2)3)28(19(15)26-21)16-6-4-5-7-16/h8-13,16H,4-7H2,1-3H3,(H,23,24,25,26). The molecule has 1 N–H and O–H groups in total. The van der Waals surface area contributed by atoms with E-state index in [1.165, 1.54) is 12.8 Å². The van der Waals surface area contributed by atoms with Gasteiger partial charge in [0.25, 0.3) is 5.91 Å². The molecular weight excluding hydrogens is 388 g/mol. The van der Waals surface area contributed by atoms with E-state index in [1.807, 2.05) is 25.1 Å². The van der Waals surface area contributed by atoms with Crippen molar-refractivity contribution in [1.82, 2.24) is 24.4 Å². The summed E-state index contributed by atoms with van der Waals surface area (Å²) in [5, 5.41) is 3.93. The first-order chi connectivity index (χ1) is 13.9. The number of fused-ring (bicyclic) bond motifs is 1. The van der Waals surface area contributed by atoms with Crippen molar-refractivity contribution < 1.29 is 4.79 Å². The molecule has 152 valence electrons. The Balaban J connectivity index is 1.72. The maximum Gasteiger partial charge on any atom is 0.270 e. The van der Waals surface area contributed by atoms with E-state index in [1.54, 1.807) is 31.4 Å². The van der Waals surface area contributed by atoms with Crippen LogP contribution in [0.5, 0.6) is 0 Å². The number of anilines is 2. The average molecular weight is 413 g/mol. The Morgan fingerprint density at radius 1 is 1.24 bits per heavy atom. The number of rotatable bonds is 5. The van der Waals surface area contributed by atoms with Gasteiger partial charge >= 0.3 is 0 Å². The third kappa shape index (κ3) is 3.92. The van der Waals surface area contributed by atoms with Gasteiger partial charge in [0.15, 0.2) is 0 Å². The highest BCUT2D eigenvalue weighted by molar-refractivity contribution is 6.20. The van der Waals surface area contributed by atoms with Gasteiger partial charge in [-0.15, -0.1) is 11.6 Å². The van der Waals surface area contributed by atoms with E-state index in [-0.39, 0.29) is 17.3 Å². The van der Waals surface area contributed by atoms with Crippen LogP contribution in [0.25, 0.3) is 11.0 Å². The molecule has 8 heteroatoms. The Morgan fingerprint density at radius 3 is 2.62 bits per heavy atom. The van der Waals surface area contributed by atoms with Crippen molar-refractivity contribution in [2.75, 3.05) is 19.4 Å². The Hall–Kier alpha value is -2.67. The number of halogens is 1. The molecule has 1 unspecified atom stereocenters. The van der Waals surface area contributed by atoms with Crippen molar-refractivity contribution in [3.63, 3.8) is 0 Å². The molecule has 1 aliphatic rings. The third-order valence-electron chi connectivity index (χ3n) is 5.38. The lowest BCUT2D eigenvalue weighted by atomic mass is 10.2. The summed E-state index contributed by atoms with van der Waals surface area (Å²) < 4.78 is 2.10. The lowest BCUT2D eigenvalue weighted by molar-refractivity contribution is 0.0815. The summed E-state index contributed by atoms with van der Waals surface area (Å²) in [6, 6.07) is 5.98. The number of nitrogens with one attached hydrogen (secondary N) is 1. The van der Waals surface area contributed by atoms with Crippen LogP contribution in [-0.4, -0.2) is 44.4 Å². The van der Waals surface area contributed by atoms with Crippen molar-refractivity contribution >= 4 is 40.3 Å². The minimum atomic E-state index is -0.0912. The summed E-state index contributed by atoms with van der Waals surface area (Å²) >= 11 is 6.09. The van der Waals surface area contributed by atoms with Crippen LogP contribution in [0, 0.1) is 0 Å². The summed E-state index contributed by atoms with van der Waals surface area (Å²) in [4.78, 5) is 27.9. The number of carbonyl (C=O) groups is 1. The van der Waals surface area contributed by atoms with Crippen molar-refractivity contribution in [1.29, 1.82) is 0 Å². The van der Waals surface area contributed by atoms with Crippen LogP contribution in [-0.2, 0) is 0 Å². The number of carbonyl (C=O) groups excluding carboxylic acids is 1. The SMILES string of the molecule is CC(Cl)c1ccc(Nc2ncc3cc(C(=O)N(C)C)n(C4CCCC4)c3n2)nc1. The quantitative estimate of drug-likeness (QED) is 0.615. The molecule has 29 heavy (non-hydrogen) atoms. The number of hydrogen-bond acceptors (Lipinski definition) is 5. The van der Waals surface area contributed by atoms with Gasteiger partial charge in [0.1, 0.15) is 17.2 Å². The molecule has 1 saturated carbocycles. The maximum atomic E-state index is 12.8. The molecule has 1 amide bonds. The van der Waals surface area contributed by atoms with Gasteiger partial charge in [-0.25, -0.2) is 9.97 Å². The highest BCUT2D eigenvalue weighted by Crippen LogP contribution is 2.34. The molecule has 0 saturated heterocycles. The van der Waals surface area contributed by atoms with E-state index in [2.05, 4.69) is 19.9 Å². The molecule has 1 aliphatic carbocycles. The van der Waals surface area contributed by atoms with Crippen molar-refractivity contribution in [3.8, 4) is 0 Å². The molecule has 0 aromatic carbocycles. The molecule has 3 aromatic heterocycles. The molecule has 0 aliphatic heterocycles. The van der Waals surface area contributed by atoms with E-state index in [4.69, 9.17) is 16.6 Å². The fourth-order valence-electron chi connectivity index (χ4n) is 3.82. The molecule has 4 rings (SSSR count). The zero-order valence-electron chi connectivity index (χ0n) is 16.9. The molecule has 0 bridgehead atoms. The second-order valence-corrected chi connectivity index (χ2v) is 8.38. The topological polar surface area (TPSA) is 75.9 Å². The van der Waals surface area contributed by atoms with E-state index in [0.29, 0.717) is 17.5 Å². The van der Waals surface area contributed by atoms with Crippen LogP contribution in [0.2, 0.25) is 0 Å². The van der Waals surface area contributed by atoms with E-state index < -0.39 is 0 Å². The lowest BCUT2D eigenvalue weighted by Crippen LogP contribution is -2.25. The van der Waals surface area contributed by atoms with Gasteiger partial charge in [0.05, 0.1) is 5.38 Å². The van der Waals surface area contributed by atoms with Gasteiger partial charge in [-0.3, -0.25) is 4.79 Å². The molecular formula is C21H25ClN6O. The van der Waals surface area contributed by atoms with Crippen LogP contribution in [0.1, 0.15) is 60.1 Å². The number of hydrogen-bond donors (Lipinski definition) is 1. The molecule has 3 aromatic rings. The maximum absolute atomic E-state index is 12.8. The average Bonchev–Trinajstić information content (AvgIpc) is 3.34. The smallest absolute Gasteiger partial charge is 0.270 e. The number of amides is 1. The van der Waals surface area contributed by atoms with Gasteiger partial charge in [0.2, 0.25) is 5.95 Å². The van der Waals surface area contributed by atoms with E-state index >= 15 is 0 Å². The lowest BCUT2D eigenvalue weighted by Gasteiger charge is -2.19. The zero-order chi connectivity index (χ0) is 20.5. The fraction of sp³-hybridized carbons (Fsp3) is 0.429. The van der Waals surface area contributed by atoms with E-state index in [0.717, 1.165) is 29.4 Å². The first kappa shape index (κ1) is 19.6. The summed E-state index contributed by atoms with van der Waals surface area (Å²) in [6.45, 7) is 1.91. The van der Waals surface area contributed by atoms with E-state index in [9.17, 15) is 4.79 Å². The number of pyridine rings is 1. The van der Waals surface area contributed by atoms with Crippen LogP contribution in [0.15, 0.2) is 30.6 Å². The predicted octanol–water partition coefficient (Wildman–Crippen LogP) is 4.69. The van der Waals surface area contributed by atoms with Gasteiger partial charge < -0.3 is 14.8 Å². The Bertz CT molecular complexity index is 1020. The highest BCUT2D eigenvalue weighted by Gasteiger charge is 2.26. The minimum absolute atomic E-state index is 0.0168. The molecule has 0 radical (unpaired) electrons. The van der Waals surface area contributed by atoms with Crippen molar-refractivity contribution in [2.24, 2.45) is 0 Å². The van der Waals surface area contributed by atoms with Crippen LogP contribution < -0.4 is 5.32 Å². The Morgan fingerprint density at radius 2 is 2.00 bits per heavy atom. The monoisotopic (exact) mass is 412 g/mol. The Kier molecular flexibility index (Phi) is 5.41. The third-order valence-corrected chi connectivity index (χ3v) is 5.63. The summed E-state index contributed by atoms with van der Waals surface area (Å²) in [5.74, 6) is 1.09. The van der Waals surface area contributed by atoms with Crippen LogP contribution in [0.3, 0.4) is 0 Å². The minimum Gasteiger partial charge on any atom is -0.343 e. The normalized spacial score (nSPS) is 15.6. The van der Waals surface area contributed by atoms with Gasteiger partial charge in [-0.2, -0.15) is 4.98 Å².